The monoisotopic (exact) mass is 383 g/mol. The summed E-state index contributed by atoms with van der Waals surface area (Å²) in [5.74, 6) is 1.46. The number of hydrogen-bond donors (Lipinski definition) is 3. The van der Waals surface area contributed by atoms with Crippen LogP contribution in [-0.4, -0.2) is 54.2 Å². The maximum atomic E-state index is 12.7. The van der Waals surface area contributed by atoms with Crippen LogP contribution in [0.15, 0.2) is 18.2 Å². The zero-order valence-corrected chi connectivity index (χ0v) is 16.5. The topological polar surface area (TPSA) is 77.6 Å². The molecular formula is C22H29N3O3. The number of likely N-dealkylation sites (tertiary alicyclic amines) is 1. The number of aliphatic hydroxyl groups excluding tert-OH is 1. The molecule has 1 aromatic carbocycles. The quantitative estimate of drug-likeness (QED) is 0.761. The minimum absolute atomic E-state index is 0.00420. The molecule has 2 aliphatic heterocycles. The van der Waals surface area contributed by atoms with Crippen molar-refractivity contribution in [3.63, 3.8) is 0 Å². The lowest BCUT2D eigenvalue weighted by Gasteiger charge is -2.47. The number of rotatable bonds is 3. The average molecular weight is 383 g/mol. The van der Waals surface area contributed by atoms with E-state index in [4.69, 9.17) is 4.74 Å². The lowest BCUT2D eigenvalue weighted by atomic mass is 9.68. The van der Waals surface area contributed by atoms with Crippen LogP contribution in [0.25, 0.3) is 10.9 Å². The number of carbonyl (C=O) groups is 1. The molecule has 5 rings (SSSR count). The van der Waals surface area contributed by atoms with E-state index in [0.29, 0.717) is 5.91 Å². The highest BCUT2D eigenvalue weighted by molar-refractivity contribution is 5.88. The average Bonchev–Trinajstić information content (AvgIpc) is 3.07. The van der Waals surface area contributed by atoms with Gasteiger partial charge in [0, 0.05) is 53.6 Å². The number of ether oxygens (including phenoxy) is 1. The molecule has 3 N–H and O–H groups in total. The molecule has 0 unspecified atom stereocenters. The molecule has 1 saturated carbocycles. The Bertz CT molecular complexity index is 894. The number of fused-ring (bicyclic) bond motifs is 4. The van der Waals surface area contributed by atoms with Gasteiger partial charge < -0.3 is 25.0 Å². The first-order chi connectivity index (χ1) is 13.6. The van der Waals surface area contributed by atoms with Crippen LogP contribution in [0.4, 0.5) is 0 Å². The molecule has 0 radical (unpaired) electrons. The molecule has 0 bridgehead atoms. The fraction of sp³-hybridized carbons (Fsp3) is 0.591. The third-order valence-electron chi connectivity index (χ3n) is 7.27. The summed E-state index contributed by atoms with van der Waals surface area (Å²) < 4.78 is 5.39. The summed E-state index contributed by atoms with van der Waals surface area (Å²) in [7, 11) is 1.68. The molecule has 1 spiro atoms. The number of aliphatic hydroxyl groups is 1. The van der Waals surface area contributed by atoms with Crippen LogP contribution < -0.4 is 10.1 Å². The van der Waals surface area contributed by atoms with E-state index >= 15 is 0 Å². The molecule has 1 amide bonds. The number of amides is 1. The lowest BCUT2D eigenvalue weighted by molar-refractivity contribution is -0.139. The first kappa shape index (κ1) is 18.0. The summed E-state index contributed by atoms with van der Waals surface area (Å²) in [6.07, 6.45) is 5.25. The van der Waals surface area contributed by atoms with Gasteiger partial charge in [-0.05, 0) is 43.4 Å². The summed E-state index contributed by atoms with van der Waals surface area (Å²) >= 11 is 0. The Morgan fingerprint density at radius 2 is 2.11 bits per heavy atom. The van der Waals surface area contributed by atoms with Crippen LogP contribution >= 0.6 is 0 Å². The second-order valence-electron chi connectivity index (χ2n) is 8.67. The van der Waals surface area contributed by atoms with E-state index in [0.717, 1.165) is 62.3 Å². The molecule has 1 atom stereocenters. The van der Waals surface area contributed by atoms with Gasteiger partial charge in [-0.2, -0.15) is 0 Å². The second-order valence-corrected chi connectivity index (χ2v) is 8.67. The van der Waals surface area contributed by atoms with Crippen molar-refractivity contribution in [2.24, 2.45) is 5.92 Å². The van der Waals surface area contributed by atoms with Gasteiger partial charge in [-0.3, -0.25) is 4.79 Å². The maximum absolute atomic E-state index is 12.7. The van der Waals surface area contributed by atoms with Crippen LogP contribution in [0.2, 0.25) is 0 Å². The molecule has 1 saturated heterocycles. The van der Waals surface area contributed by atoms with Crippen molar-refractivity contribution in [1.82, 2.24) is 15.2 Å². The number of nitrogens with zero attached hydrogens (tertiary/aromatic N) is 1. The third-order valence-corrected chi connectivity index (χ3v) is 7.27. The Morgan fingerprint density at radius 3 is 2.75 bits per heavy atom. The van der Waals surface area contributed by atoms with Crippen molar-refractivity contribution in [3.05, 3.63) is 29.5 Å². The van der Waals surface area contributed by atoms with Gasteiger partial charge in [0.2, 0.25) is 5.91 Å². The molecule has 3 aliphatic rings. The second kappa shape index (κ2) is 6.78. The van der Waals surface area contributed by atoms with Crippen molar-refractivity contribution in [3.8, 4) is 5.75 Å². The van der Waals surface area contributed by atoms with Crippen LogP contribution in [0.5, 0.6) is 5.75 Å². The van der Waals surface area contributed by atoms with E-state index in [-0.39, 0.29) is 24.0 Å². The Labute approximate surface area is 165 Å². The van der Waals surface area contributed by atoms with Crippen LogP contribution in [0.3, 0.4) is 0 Å². The van der Waals surface area contributed by atoms with Gasteiger partial charge in [0.25, 0.3) is 0 Å². The summed E-state index contributed by atoms with van der Waals surface area (Å²) in [5, 5.41) is 14.7. The molecule has 1 aromatic heterocycles. The van der Waals surface area contributed by atoms with Gasteiger partial charge in [0.05, 0.1) is 19.8 Å². The van der Waals surface area contributed by atoms with Crippen LogP contribution in [-0.2, 0) is 10.2 Å². The minimum atomic E-state index is -0.0753. The largest absolute Gasteiger partial charge is 0.497 e. The normalized spacial score (nSPS) is 24.2. The Balaban J connectivity index is 1.49. The Kier molecular flexibility index (Phi) is 4.36. The highest BCUT2D eigenvalue weighted by Gasteiger charge is 2.45. The van der Waals surface area contributed by atoms with E-state index in [9.17, 15) is 9.90 Å². The van der Waals surface area contributed by atoms with Crippen LogP contribution in [0, 0.1) is 5.92 Å². The number of methoxy groups -OCH3 is 1. The number of carbonyl (C=O) groups excluding carboxylic acids is 1. The first-order valence-corrected chi connectivity index (χ1v) is 10.5. The van der Waals surface area contributed by atoms with Gasteiger partial charge >= 0.3 is 0 Å². The predicted molar refractivity (Wildman–Crippen MR) is 108 cm³/mol. The summed E-state index contributed by atoms with van der Waals surface area (Å²) in [5.41, 5.74) is 3.48. The van der Waals surface area contributed by atoms with Crippen molar-refractivity contribution in [2.75, 3.05) is 33.4 Å². The number of aromatic nitrogens is 1. The highest BCUT2D eigenvalue weighted by atomic mass is 16.5. The minimum Gasteiger partial charge on any atom is -0.497 e. The van der Waals surface area contributed by atoms with Gasteiger partial charge in [0.15, 0.2) is 0 Å². The molecule has 150 valence electrons. The van der Waals surface area contributed by atoms with Gasteiger partial charge in [-0.25, -0.2) is 0 Å². The van der Waals surface area contributed by atoms with E-state index in [1.807, 2.05) is 12.1 Å². The fourth-order valence-electron chi connectivity index (χ4n) is 5.32. The number of nitrogens with one attached hydrogen (secondary N) is 2. The van der Waals surface area contributed by atoms with E-state index in [1.165, 1.54) is 17.4 Å². The smallest absolute Gasteiger partial charge is 0.225 e. The van der Waals surface area contributed by atoms with E-state index < -0.39 is 0 Å². The summed E-state index contributed by atoms with van der Waals surface area (Å²) in [4.78, 5) is 18.3. The number of piperidine rings is 1. The fourth-order valence-corrected chi connectivity index (χ4v) is 5.32. The van der Waals surface area contributed by atoms with Crippen LogP contribution in [0.1, 0.15) is 49.4 Å². The molecular weight excluding hydrogens is 354 g/mol. The molecule has 6 heteroatoms. The number of benzene rings is 1. The molecule has 3 heterocycles. The first-order valence-electron chi connectivity index (χ1n) is 10.5. The van der Waals surface area contributed by atoms with Crippen molar-refractivity contribution >= 4 is 16.8 Å². The number of H-pyrrole nitrogens is 1. The maximum Gasteiger partial charge on any atom is 0.225 e. The predicted octanol–water partition coefficient (Wildman–Crippen LogP) is 2.47. The summed E-state index contributed by atoms with van der Waals surface area (Å²) in [6.45, 7) is 2.56. The standard InChI is InChI=1S/C22H29N3O3/c1-28-15-5-6-16-17(11-15)24-20-18(12-26)23-13-22(19(16)20)7-9-25(10-8-22)21(27)14-3-2-4-14/h5-6,11,14,18,23-24,26H,2-4,7-10,12-13H2,1H3/t18-/m0/s1. The van der Waals surface area contributed by atoms with E-state index in [1.54, 1.807) is 7.11 Å². The molecule has 2 aromatic rings. The summed E-state index contributed by atoms with van der Waals surface area (Å²) in [6, 6.07) is 6.10. The third kappa shape index (κ3) is 2.65. The SMILES string of the molecule is COc1ccc2c3c([nH]c2c1)[C@H](CO)NCC31CCN(C(=O)C2CCC2)CC1. The van der Waals surface area contributed by atoms with Gasteiger partial charge in [-0.15, -0.1) is 0 Å². The highest BCUT2D eigenvalue weighted by Crippen LogP contribution is 2.46. The number of aromatic amines is 1. The molecule has 6 nitrogen and oxygen atoms in total. The molecule has 28 heavy (non-hydrogen) atoms. The van der Waals surface area contributed by atoms with E-state index in [2.05, 4.69) is 21.3 Å². The van der Waals surface area contributed by atoms with Crippen molar-refractivity contribution in [1.29, 1.82) is 0 Å². The lowest BCUT2D eigenvalue weighted by Crippen LogP contribution is -2.54. The van der Waals surface area contributed by atoms with Crippen molar-refractivity contribution in [2.45, 2.75) is 43.6 Å². The zero-order chi connectivity index (χ0) is 19.3. The van der Waals surface area contributed by atoms with Gasteiger partial charge in [-0.1, -0.05) is 6.42 Å². The van der Waals surface area contributed by atoms with Gasteiger partial charge in [0.1, 0.15) is 5.75 Å². The zero-order valence-electron chi connectivity index (χ0n) is 16.5. The Hall–Kier alpha value is -2.05. The number of hydrogen-bond acceptors (Lipinski definition) is 4. The molecule has 2 fully saturated rings. The van der Waals surface area contributed by atoms with Crippen molar-refractivity contribution < 1.29 is 14.6 Å². The molecule has 1 aliphatic carbocycles. The Morgan fingerprint density at radius 1 is 1.32 bits per heavy atom.